The summed E-state index contributed by atoms with van der Waals surface area (Å²) in [6.45, 7) is 0.195. The molecule has 106 valence electrons. The molecule has 3 rings (SSSR count). The Balaban J connectivity index is 1.92. The fourth-order valence-electron chi connectivity index (χ4n) is 2.14. The van der Waals surface area contributed by atoms with E-state index in [1.54, 1.807) is 31.4 Å². The van der Waals surface area contributed by atoms with Gasteiger partial charge in [-0.05, 0) is 24.3 Å². The van der Waals surface area contributed by atoms with Crippen molar-refractivity contribution in [3.63, 3.8) is 0 Å². The Bertz CT molecular complexity index is 703. The number of hydrogen-bond donors (Lipinski definition) is 0. The zero-order valence-electron chi connectivity index (χ0n) is 11.5. The molecule has 2 aromatic carbocycles. The second-order valence-corrected chi connectivity index (χ2v) is 4.53. The van der Waals surface area contributed by atoms with Crippen LogP contribution in [0.4, 0.5) is 0 Å². The van der Waals surface area contributed by atoms with Crippen molar-refractivity contribution in [3.05, 3.63) is 65.4 Å². The lowest BCUT2D eigenvalue weighted by Gasteiger charge is -2.07. The summed E-state index contributed by atoms with van der Waals surface area (Å²) in [5.41, 5.74) is 1.26. The van der Waals surface area contributed by atoms with Gasteiger partial charge in [-0.2, -0.15) is 0 Å². The highest BCUT2D eigenvalue weighted by Gasteiger charge is 2.20. The molecule has 0 fully saturated rings. The summed E-state index contributed by atoms with van der Waals surface area (Å²) >= 11 is 0. The lowest BCUT2D eigenvalue weighted by Crippen LogP contribution is -2.04. The zero-order chi connectivity index (χ0) is 14.7. The number of para-hydroxylation sites is 2. The second kappa shape index (κ2) is 5.71. The van der Waals surface area contributed by atoms with Gasteiger partial charge in [0.05, 0.1) is 7.11 Å². The van der Waals surface area contributed by atoms with Crippen LogP contribution in [0.15, 0.2) is 54.3 Å². The van der Waals surface area contributed by atoms with E-state index in [1.807, 2.05) is 30.3 Å². The van der Waals surface area contributed by atoms with Crippen molar-refractivity contribution in [1.82, 2.24) is 0 Å². The first-order valence-electron chi connectivity index (χ1n) is 6.55. The van der Waals surface area contributed by atoms with E-state index in [4.69, 9.17) is 14.2 Å². The van der Waals surface area contributed by atoms with Crippen LogP contribution in [0.5, 0.6) is 11.5 Å². The Morgan fingerprint density at radius 2 is 1.86 bits per heavy atom. The van der Waals surface area contributed by atoms with E-state index in [1.165, 1.54) is 0 Å². The van der Waals surface area contributed by atoms with E-state index < -0.39 is 5.97 Å². The summed E-state index contributed by atoms with van der Waals surface area (Å²) in [6, 6.07) is 14.5. The summed E-state index contributed by atoms with van der Waals surface area (Å²) in [5, 5.41) is 0. The maximum Gasteiger partial charge on any atom is 0.347 e. The average molecular weight is 282 g/mol. The van der Waals surface area contributed by atoms with Crippen molar-refractivity contribution < 1.29 is 19.0 Å². The summed E-state index contributed by atoms with van der Waals surface area (Å²) in [6.07, 6.45) is 1.75. The third kappa shape index (κ3) is 2.74. The van der Waals surface area contributed by atoms with Crippen LogP contribution in [0.25, 0.3) is 6.08 Å². The number of hydrogen-bond acceptors (Lipinski definition) is 4. The zero-order valence-corrected chi connectivity index (χ0v) is 11.5. The molecule has 0 bridgehead atoms. The van der Waals surface area contributed by atoms with Crippen molar-refractivity contribution in [2.45, 2.75) is 0 Å². The summed E-state index contributed by atoms with van der Waals surface area (Å²) in [5.74, 6) is 1.28. The third-order valence-corrected chi connectivity index (χ3v) is 3.16. The van der Waals surface area contributed by atoms with Gasteiger partial charge in [0.15, 0.2) is 0 Å². The normalized spacial score (nSPS) is 15.7. The monoisotopic (exact) mass is 282 g/mol. The van der Waals surface area contributed by atoms with Gasteiger partial charge < -0.3 is 14.2 Å². The Hall–Kier alpha value is -2.75. The van der Waals surface area contributed by atoms with Gasteiger partial charge in [0.1, 0.15) is 29.4 Å². The van der Waals surface area contributed by atoms with Gasteiger partial charge in [-0.15, -0.1) is 0 Å². The molecule has 4 heteroatoms. The van der Waals surface area contributed by atoms with Crippen LogP contribution in [-0.4, -0.2) is 19.7 Å². The molecule has 0 saturated carbocycles. The minimum atomic E-state index is -0.413. The molecule has 1 aliphatic heterocycles. The van der Waals surface area contributed by atoms with Gasteiger partial charge in [-0.1, -0.05) is 30.3 Å². The molecular weight excluding hydrogens is 268 g/mol. The predicted octanol–water partition coefficient (Wildman–Crippen LogP) is 3.29. The fourth-order valence-corrected chi connectivity index (χ4v) is 2.14. The van der Waals surface area contributed by atoms with Crippen LogP contribution in [-0.2, 0) is 4.74 Å². The molecule has 2 aromatic rings. The SMILES string of the molecule is COc1ccccc1/C=C1/COc2ccccc2C(=O)O1. The Morgan fingerprint density at radius 1 is 1.10 bits per heavy atom. The summed E-state index contributed by atoms with van der Waals surface area (Å²) < 4.78 is 16.3. The number of fused-ring (bicyclic) bond motifs is 1. The largest absolute Gasteiger partial charge is 0.496 e. The van der Waals surface area contributed by atoms with E-state index in [-0.39, 0.29) is 6.61 Å². The van der Waals surface area contributed by atoms with Gasteiger partial charge in [0.2, 0.25) is 0 Å². The first-order valence-corrected chi connectivity index (χ1v) is 6.55. The van der Waals surface area contributed by atoms with Crippen molar-refractivity contribution in [3.8, 4) is 11.5 Å². The second-order valence-electron chi connectivity index (χ2n) is 4.53. The molecule has 1 heterocycles. The van der Waals surface area contributed by atoms with Crippen LogP contribution in [0.3, 0.4) is 0 Å². The number of carbonyl (C=O) groups excluding carboxylic acids is 1. The third-order valence-electron chi connectivity index (χ3n) is 3.16. The van der Waals surface area contributed by atoms with E-state index in [0.29, 0.717) is 22.8 Å². The van der Waals surface area contributed by atoms with Gasteiger partial charge in [-0.25, -0.2) is 4.79 Å². The Morgan fingerprint density at radius 3 is 2.71 bits per heavy atom. The first kappa shape index (κ1) is 13.2. The smallest absolute Gasteiger partial charge is 0.347 e. The van der Waals surface area contributed by atoms with Crippen molar-refractivity contribution in [2.24, 2.45) is 0 Å². The number of rotatable bonds is 2. The van der Waals surface area contributed by atoms with E-state index in [9.17, 15) is 4.79 Å². The topological polar surface area (TPSA) is 44.8 Å². The molecule has 0 unspecified atom stereocenters. The van der Waals surface area contributed by atoms with Gasteiger partial charge in [-0.3, -0.25) is 0 Å². The quantitative estimate of drug-likeness (QED) is 0.793. The molecule has 0 saturated heterocycles. The van der Waals surface area contributed by atoms with E-state index in [2.05, 4.69) is 0 Å². The van der Waals surface area contributed by atoms with Gasteiger partial charge in [0.25, 0.3) is 0 Å². The minimum Gasteiger partial charge on any atom is -0.496 e. The molecule has 0 aromatic heterocycles. The first-order chi connectivity index (χ1) is 10.3. The maximum absolute atomic E-state index is 12.1. The molecule has 0 amide bonds. The predicted molar refractivity (Wildman–Crippen MR) is 78.3 cm³/mol. The molecular formula is C17H14O4. The van der Waals surface area contributed by atoms with E-state index in [0.717, 1.165) is 5.56 Å². The van der Waals surface area contributed by atoms with Crippen LogP contribution in [0, 0.1) is 0 Å². The number of methoxy groups -OCH3 is 1. The highest BCUT2D eigenvalue weighted by atomic mass is 16.6. The number of ether oxygens (including phenoxy) is 3. The molecule has 4 nitrogen and oxygen atoms in total. The molecule has 0 spiro atoms. The van der Waals surface area contributed by atoms with Crippen LogP contribution in [0.2, 0.25) is 0 Å². The number of esters is 1. The van der Waals surface area contributed by atoms with Gasteiger partial charge >= 0.3 is 5.97 Å². The highest BCUT2D eigenvalue weighted by molar-refractivity contribution is 5.93. The van der Waals surface area contributed by atoms with Crippen LogP contribution >= 0.6 is 0 Å². The van der Waals surface area contributed by atoms with Crippen molar-refractivity contribution in [1.29, 1.82) is 0 Å². The fraction of sp³-hybridized carbons (Fsp3) is 0.118. The summed E-state index contributed by atoms with van der Waals surface area (Å²) in [7, 11) is 1.60. The standard InChI is InChI=1S/C17H14O4/c1-19-15-8-4-2-6-12(15)10-13-11-20-16-9-5-3-7-14(16)17(18)21-13/h2-10H,11H2,1H3/b13-10-. The number of carbonyl (C=O) groups is 1. The lowest BCUT2D eigenvalue weighted by molar-refractivity contribution is 0.0621. The van der Waals surface area contributed by atoms with E-state index >= 15 is 0 Å². The van der Waals surface area contributed by atoms with Crippen molar-refractivity contribution >= 4 is 12.0 Å². The van der Waals surface area contributed by atoms with Crippen LogP contribution in [0.1, 0.15) is 15.9 Å². The molecule has 0 atom stereocenters. The Labute approximate surface area is 122 Å². The maximum atomic E-state index is 12.1. The summed E-state index contributed by atoms with van der Waals surface area (Å²) in [4.78, 5) is 12.1. The number of cyclic esters (lactones) is 1. The van der Waals surface area contributed by atoms with Crippen molar-refractivity contribution in [2.75, 3.05) is 13.7 Å². The minimum absolute atomic E-state index is 0.195. The molecule has 1 aliphatic rings. The van der Waals surface area contributed by atoms with Crippen LogP contribution < -0.4 is 9.47 Å². The lowest BCUT2D eigenvalue weighted by atomic mass is 10.2. The molecule has 0 N–H and O–H groups in total. The molecule has 0 radical (unpaired) electrons. The average Bonchev–Trinajstić information content (AvgIpc) is 2.68. The molecule has 21 heavy (non-hydrogen) atoms. The van der Waals surface area contributed by atoms with Gasteiger partial charge in [0, 0.05) is 5.56 Å². The Kier molecular flexibility index (Phi) is 3.60. The molecule has 0 aliphatic carbocycles. The highest BCUT2D eigenvalue weighted by Crippen LogP contribution is 2.26. The number of benzene rings is 2.